The molecular weight excluding hydrogens is 310 g/mol. The van der Waals surface area contributed by atoms with E-state index in [9.17, 15) is 9.59 Å². The maximum Gasteiger partial charge on any atom is 0.234 e. The van der Waals surface area contributed by atoms with Crippen LogP contribution in [0.25, 0.3) is 0 Å². The number of hydrogen-bond donors (Lipinski definition) is 2. The summed E-state index contributed by atoms with van der Waals surface area (Å²) in [5.41, 5.74) is 1.51. The van der Waals surface area contributed by atoms with Crippen LogP contribution in [-0.4, -0.2) is 22.6 Å². The van der Waals surface area contributed by atoms with E-state index in [1.54, 1.807) is 24.5 Å². The number of hydrogen-bond acceptors (Lipinski definition) is 4. The fourth-order valence-electron chi connectivity index (χ4n) is 1.87. The summed E-state index contributed by atoms with van der Waals surface area (Å²) in [6.07, 6.45) is 4.61. The van der Waals surface area contributed by atoms with Crippen molar-refractivity contribution in [1.82, 2.24) is 4.98 Å². The Labute approximate surface area is 139 Å². The van der Waals surface area contributed by atoms with Crippen molar-refractivity contribution < 1.29 is 9.59 Å². The molecule has 2 amide bonds. The molecule has 2 N–H and O–H groups in total. The van der Waals surface area contributed by atoms with Crippen LogP contribution in [0, 0.1) is 0 Å². The number of benzene rings is 1. The zero-order valence-corrected chi connectivity index (χ0v) is 13.7. The molecule has 0 radical (unpaired) electrons. The van der Waals surface area contributed by atoms with Gasteiger partial charge in [0, 0.05) is 35.1 Å². The number of rotatable bonds is 7. The lowest BCUT2D eigenvalue weighted by atomic mass is 10.3. The molecule has 0 aliphatic heterocycles. The van der Waals surface area contributed by atoms with E-state index >= 15 is 0 Å². The second kappa shape index (κ2) is 8.95. The third-order valence-corrected chi connectivity index (χ3v) is 3.96. The monoisotopic (exact) mass is 329 g/mol. The van der Waals surface area contributed by atoms with Gasteiger partial charge in [0.15, 0.2) is 0 Å². The number of carbonyl (C=O) groups is 2. The Morgan fingerprint density at radius 3 is 2.22 bits per heavy atom. The minimum absolute atomic E-state index is 0.0182. The van der Waals surface area contributed by atoms with Crippen molar-refractivity contribution >= 4 is 35.0 Å². The van der Waals surface area contributed by atoms with Crippen LogP contribution < -0.4 is 10.6 Å². The van der Waals surface area contributed by atoms with Crippen molar-refractivity contribution in [2.45, 2.75) is 24.7 Å². The summed E-state index contributed by atoms with van der Waals surface area (Å²) in [7, 11) is 0. The van der Waals surface area contributed by atoms with E-state index in [1.807, 2.05) is 31.2 Å². The molecule has 0 aliphatic rings. The quantitative estimate of drug-likeness (QED) is 0.762. The highest BCUT2D eigenvalue weighted by atomic mass is 32.2. The minimum Gasteiger partial charge on any atom is -0.326 e. The lowest BCUT2D eigenvalue weighted by Gasteiger charge is -2.07. The van der Waals surface area contributed by atoms with E-state index in [0.717, 1.165) is 22.7 Å². The molecular formula is C17H19N3O2S. The molecule has 0 spiro atoms. The maximum absolute atomic E-state index is 11.9. The molecule has 120 valence electrons. The second-order valence-electron chi connectivity index (χ2n) is 4.90. The maximum atomic E-state index is 11.9. The van der Waals surface area contributed by atoms with Gasteiger partial charge in [-0.15, -0.1) is 11.8 Å². The second-order valence-corrected chi connectivity index (χ2v) is 5.94. The number of aromatic nitrogens is 1. The Hall–Kier alpha value is -2.34. The van der Waals surface area contributed by atoms with Crippen molar-refractivity contribution in [1.29, 1.82) is 0 Å². The van der Waals surface area contributed by atoms with Gasteiger partial charge in [-0.2, -0.15) is 0 Å². The molecule has 0 saturated heterocycles. The van der Waals surface area contributed by atoms with E-state index in [2.05, 4.69) is 15.6 Å². The van der Waals surface area contributed by atoms with Crippen LogP contribution >= 0.6 is 11.8 Å². The number of nitrogens with one attached hydrogen (secondary N) is 2. The molecule has 0 unspecified atom stereocenters. The first-order chi connectivity index (χ1) is 11.2. The van der Waals surface area contributed by atoms with Gasteiger partial charge in [-0.05, 0) is 42.8 Å². The van der Waals surface area contributed by atoms with Gasteiger partial charge in [0.2, 0.25) is 11.8 Å². The molecule has 2 rings (SSSR count). The average Bonchev–Trinajstić information content (AvgIpc) is 2.55. The van der Waals surface area contributed by atoms with Gasteiger partial charge in [0.1, 0.15) is 0 Å². The summed E-state index contributed by atoms with van der Waals surface area (Å²) in [5.74, 6) is 0.273. The van der Waals surface area contributed by atoms with Crippen LogP contribution in [0.2, 0.25) is 0 Å². The van der Waals surface area contributed by atoms with Crippen LogP contribution in [0.1, 0.15) is 19.8 Å². The Kier molecular flexibility index (Phi) is 6.62. The summed E-state index contributed by atoms with van der Waals surface area (Å²) in [6, 6.07) is 11.0. The number of pyridine rings is 1. The summed E-state index contributed by atoms with van der Waals surface area (Å²) >= 11 is 1.45. The summed E-state index contributed by atoms with van der Waals surface area (Å²) in [4.78, 5) is 28.2. The van der Waals surface area contributed by atoms with Crippen LogP contribution in [0.5, 0.6) is 0 Å². The summed E-state index contributed by atoms with van der Waals surface area (Å²) in [6.45, 7) is 1.97. The third kappa shape index (κ3) is 6.12. The molecule has 0 bridgehead atoms. The van der Waals surface area contributed by atoms with Gasteiger partial charge >= 0.3 is 0 Å². The predicted octanol–water partition coefficient (Wildman–Crippen LogP) is 3.55. The first-order valence-corrected chi connectivity index (χ1v) is 8.38. The van der Waals surface area contributed by atoms with Crippen LogP contribution in [0.3, 0.4) is 0 Å². The van der Waals surface area contributed by atoms with Crippen LogP contribution in [0.15, 0.2) is 53.7 Å². The molecule has 1 aromatic heterocycles. The van der Waals surface area contributed by atoms with E-state index < -0.39 is 0 Å². The van der Waals surface area contributed by atoms with Gasteiger partial charge in [0.25, 0.3) is 0 Å². The van der Waals surface area contributed by atoms with Crippen LogP contribution in [-0.2, 0) is 9.59 Å². The molecule has 5 nitrogen and oxygen atoms in total. The highest BCUT2D eigenvalue weighted by molar-refractivity contribution is 8.00. The molecule has 0 aliphatic carbocycles. The standard InChI is InChI=1S/C17H19N3O2S/c1-2-3-16(21)19-13-4-6-15(7-5-13)23-12-17(22)20-14-8-10-18-11-9-14/h4-11H,2-3,12H2,1H3,(H,19,21)(H,18,20,22). The Bertz CT molecular complexity index is 645. The largest absolute Gasteiger partial charge is 0.326 e. The van der Waals surface area contributed by atoms with Crippen molar-refractivity contribution in [3.05, 3.63) is 48.8 Å². The zero-order chi connectivity index (χ0) is 16.5. The van der Waals surface area contributed by atoms with Gasteiger partial charge in [0.05, 0.1) is 5.75 Å². The summed E-state index contributed by atoms with van der Waals surface area (Å²) < 4.78 is 0. The van der Waals surface area contributed by atoms with E-state index in [0.29, 0.717) is 12.2 Å². The lowest BCUT2D eigenvalue weighted by molar-refractivity contribution is -0.116. The fraction of sp³-hybridized carbons (Fsp3) is 0.235. The molecule has 0 saturated carbocycles. The SMILES string of the molecule is CCCC(=O)Nc1ccc(SCC(=O)Nc2ccncc2)cc1. The molecule has 0 fully saturated rings. The molecule has 1 aromatic carbocycles. The van der Waals surface area contributed by atoms with Crippen molar-refractivity contribution in [2.24, 2.45) is 0 Å². The minimum atomic E-state index is -0.0680. The highest BCUT2D eigenvalue weighted by Crippen LogP contribution is 2.20. The number of carbonyl (C=O) groups excluding carboxylic acids is 2. The number of thioether (sulfide) groups is 1. The number of amides is 2. The van der Waals surface area contributed by atoms with E-state index in [4.69, 9.17) is 0 Å². The molecule has 6 heteroatoms. The van der Waals surface area contributed by atoms with Crippen molar-refractivity contribution in [2.75, 3.05) is 16.4 Å². The first kappa shape index (κ1) is 17.0. The highest BCUT2D eigenvalue weighted by Gasteiger charge is 2.05. The van der Waals surface area contributed by atoms with Gasteiger partial charge < -0.3 is 10.6 Å². The topological polar surface area (TPSA) is 71.1 Å². The Balaban J connectivity index is 1.79. The molecule has 23 heavy (non-hydrogen) atoms. The van der Waals surface area contributed by atoms with E-state index in [1.165, 1.54) is 11.8 Å². The lowest BCUT2D eigenvalue weighted by Crippen LogP contribution is -2.13. The predicted molar refractivity (Wildman–Crippen MR) is 93.6 cm³/mol. The average molecular weight is 329 g/mol. The van der Waals surface area contributed by atoms with Crippen molar-refractivity contribution in [3.8, 4) is 0 Å². The first-order valence-electron chi connectivity index (χ1n) is 7.40. The Morgan fingerprint density at radius 2 is 1.57 bits per heavy atom. The smallest absolute Gasteiger partial charge is 0.234 e. The van der Waals surface area contributed by atoms with Crippen LogP contribution in [0.4, 0.5) is 11.4 Å². The van der Waals surface area contributed by atoms with Gasteiger partial charge in [-0.25, -0.2) is 0 Å². The van der Waals surface area contributed by atoms with Gasteiger partial charge in [-0.3, -0.25) is 14.6 Å². The Morgan fingerprint density at radius 1 is 0.957 bits per heavy atom. The van der Waals surface area contributed by atoms with Crippen molar-refractivity contribution in [3.63, 3.8) is 0 Å². The zero-order valence-electron chi connectivity index (χ0n) is 12.9. The fourth-order valence-corrected chi connectivity index (χ4v) is 2.56. The molecule has 0 atom stereocenters. The summed E-state index contributed by atoms with van der Waals surface area (Å²) in [5, 5.41) is 5.64. The number of nitrogens with zero attached hydrogens (tertiary/aromatic N) is 1. The third-order valence-electron chi connectivity index (χ3n) is 2.95. The van der Waals surface area contributed by atoms with Gasteiger partial charge in [-0.1, -0.05) is 6.92 Å². The molecule has 1 heterocycles. The molecule has 2 aromatic rings. The number of anilines is 2. The van der Waals surface area contributed by atoms with E-state index in [-0.39, 0.29) is 11.8 Å². The normalized spacial score (nSPS) is 10.1.